The molecule has 0 saturated carbocycles. The van der Waals surface area contributed by atoms with E-state index >= 15 is 0 Å². The second-order valence-electron chi connectivity index (χ2n) is 6.67. The number of nitrogens with two attached hydrogens (primary N) is 1. The topological polar surface area (TPSA) is 72.3 Å². The average molecular weight is 348 g/mol. The van der Waals surface area contributed by atoms with Crippen molar-refractivity contribution in [3.05, 3.63) is 59.2 Å². The van der Waals surface area contributed by atoms with Crippen LogP contribution in [-0.4, -0.2) is 26.4 Å². The summed E-state index contributed by atoms with van der Waals surface area (Å²) in [5.74, 6) is 1.28. The second-order valence-corrected chi connectivity index (χ2v) is 6.67. The van der Waals surface area contributed by atoms with E-state index in [-0.39, 0.29) is 11.5 Å². The highest BCUT2D eigenvalue weighted by Crippen LogP contribution is 2.32. The van der Waals surface area contributed by atoms with E-state index < -0.39 is 0 Å². The monoisotopic (exact) mass is 348 g/mol. The number of nitrogens with zero attached hydrogens (tertiary/aromatic N) is 5. The molecule has 0 unspecified atom stereocenters. The molecular formula is C19H17FN6. The van der Waals surface area contributed by atoms with Gasteiger partial charge >= 0.3 is 0 Å². The van der Waals surface area contributed by atoms with Crippen LogP contribution in [0.25, 0.3) is 16.4 Å². The number of benzene rings is 2. The third-order valence-corrected chi connectivity index (χ3v) is 5.03. The Bertz CT molecular complexity index is 1170. The fourth-order valence-electron chi connectivity index (χ4n) is 3.68. The van der Waals surface area contributed by atoms with Crippen LogP contribution >= 0.6 is 0 Å². The van der Waals surface area contributed by atoms with Crippen LogP contribution in [0.2, 0.25) is 0 Å². The van der Waals surface area contributed by atoms with Gasteiger partial charge in [-0.05, 0) is 36.6 Å². The Morgan fingerprint density at radius 2 is 1.88 bits per heavy atom. The molecule has 26 heavy (non-hydrogen) atoms. The molecule has 1 aliphatic rings. The lowest BCUT2D eigenvalue weighted by atomic mass is 9.98. The van der Waals surface area contributed by atoms with E-state index in [0.29, 0.717) is 6.54 Å². The Balaban J connectivity index is 1.68. The Kier molecular flexibility index (Phi) is 3.12. The van der Waals surface area contributed by atoms with Gasteiger partial charge in [0.2, 0.25) is 0 Å². The summed E-state index contributed by atoms with van der Waals surface area (Å²) < 4.78 is 15.5. The van der Waals surface area contributed by atoms with Gasteiger partial charge in [-0.15, -0.1) is 15.3 Å². The van der Waals surface area contributed by atoms with Gasteiger partial charge in [0.15, 0.2) is 17.3 Å². The van der Waals surface area contributed by atoms with Gasteiger partial charge in [0.1, 0.15) is 5.82 Å². The van der Waals surface area contributed by atoms with Gasteiger partial charge in [-0.3, -0.25) is 0 Å². The highest BCUT2D eigenvalue weighted by molar-refractivity contribution is 6.00. The Morgan fingerprint density at radius 1 is 1.08 bits per heavy atom. The summed E-state index contributed by atoms with van der Waals surface area (Å²) >= 11 is 0. The van der Waals surface area contributed by atoms with Crippen molar-refractivity contribution in [2.75, 3.05) is 17.2 Å². The molecule has 0 saturated heterocycles. The SMILES string of the molecule is Cc1nnc2c3ccccc3c(N3CCc4cc(F)c(N)cc4C3)nn12. The minimum Gasteiger partial charge on any atom is -0.396 e. The van der Waals surface area contributed by atoms with Crippen molar-refractivity contribution in [3.8, 4) is 0 Å². The van der Waals surface area contributed by atoms with Crippen molar-refractivity contribution in [2.45, 2.75) is 19.9 Å². The highest BCUT2D eigenvalue weighted by atomic mass is 19.1. The summed E-state index contributed by atoms with van der Waals surface area (Å²) in [5.41, 5.74) is 8.77. The zero-order valence-electron chi connectivity index (χ0n) is 14.3. The minimum absolute atomic E-state index is 0.188. The quantitative estimate of drug-likeness (QED) is 0.536. The summed E-state index contributed by atoms with van der Waals surface area (Å²) in [5, 5.41) is 15.3. The maximum atomic E-state index is 13.8. The van der Waals surface area contributed by atoms with Crippen molar-refractivity contribution < 1.29 is 4.39 Å². The number of hydrogen-bond donors (Lipinski definition) is 1. The maximum Gasteiger partial charge on any atom is 0.185 e. The van der Waals surface area contributed by atoms with Crippen molar-refractivity contribution in [1.29, 1.82) is 0 Å². The molecule has 0 fully saturated rings. The predicted molar refractivity (Wildman–Crippen MR) is 98.6 cm³/mol. The molecule has 0 radical (unpaired) electrons. The zero-order valence-corrected chi connectivity index (χ0v) is 14.3. The molecule has 4 aromatic rings. The number of fused-ring (bicyclic) bond motifs is 4. The average Bonchev–Trinajstić information content (AvgIpc) is 3.03. The molecule has 0 amide bonds. The summed E-state index contributed by atoms with van der Waals surface area (Å²) in [4.78, 5) is 2.21. The van der Waals surface area contributed by atoms with Gasteiger partial charge in [0.05, 0.1) is 5.69 Å². The molecule has 130 valence electrons. The highest BCUT2D eigenvalue weighted by Gasteiger charge is 2.22. The molecule has 2 aromatic heterocycles. The molecule has 0 aliphatic carbocycles. The van der Waals surface area contributed by atoms with Crippen molar-refractivity contribution in [1.82, 2.24) is 19.8 Å². The van der Waals surface area contributed by atoms with E-state index in [0.717, 1.165) is 52.2 Å². The lowest BCUT2D eigenvalue weighted by Crippen LogP contribution is -2.32. The third-order valence-electron chi connectivity index (χ3n) is 5.03. The predicted octanol–water partition coefficient (Wildman–Crippen LogP) is 2.87. The first-order chi connectivity index (χ1) is 12.6. The molecule has 3 heterocycles. The first-order valence-electron chi connectivity index (χ1n) is 8.54. The summed E-state index contributed by atoms with van der Waals surface area (Å²) in [6, 6.07) is 11.4. The van der Waals surface area contributed by atoms with Crippen LogP contribution in [0.15, 0.2) is 36.4 Å². The summed E-state index contributed by atoms with van der Waals surface area (Å²) in [6.07, 6.45) is 0.752. The minimum atomic E-state index is -0.345. The molecule has 2 aromatic carbocycles. The fraction of sp³-hybridized carbons (Fsp3) is 0.211. The van der Waals surface area contributed by atoms with Gasteiger partial charge < -0.3 is 10.6 Å². The van der Waals surface area contributed by atoms with Gasteiger partial charge in [0.25, 0.3) is 0 Å². The van der Waals surface area contributed by atoms with E-state index in [2.05, 4.69) is 21.2 Å². The Labute approximate surface area is 149 Å². The number of aromatic nitrogens is 4. The molecule has 6 nitrogen and oxygen atoms in total. The van der Waals surface area contributed by atoms with Crippen LogP contribution in [0, 0.1) is 12.7 Å². The van der Waals surface area contributed by atoms with Crippen LogP contribution in [0.3, 0.4) is 0 Å². The van der Waals surface area contributed by atoms with Crippen molar-refractivity contribution in [2.24, 2.45) is 0 Å². The van der Waals surface area contributed by atoms with Crippen LogP contribution < -0.4 is 10.6 Å². The smallest absolute Gasteiger partial charge is 0.185 e. The molecule has 2 N–H and O–H groups in total. The van der Waals surface area contributed by atoms with Crippen molar-refractivity contribution >= 4 is 27.9 Å². The summed E-state index contributed by atoms with van der Waals surface area (Å²) in [6.45, 7) is 3.30. The van der Waals surface area contributed by atoms with Crippen molar-refractivity contribution in [3.63, 3.8) is 0 Å². The Hall–Kier alpha value is -3.22. The van der Waals surface area contributed by atoms with Crippen LogP contribution in [0.5, 0.6) is 0 Å². The first kappa shape index (κ1) is 15.1. The number of hydrogen-bond acceptors (Lipinski definition) is 5. The number of halogens is 1. The largest absolute Gasteiger partial charge is 0.396 e. The zero-order chi connectivity index (χ0) is 17.8. The van der Waals surface area contributed by atoms with Gasteiger partial charge in [0, 0.05) is 23.9 Å². The molecule has 0 spiro atoms. The van der Waals surface area contributed by atoms with Crippen LogP contribution in [-0.2, 0) is 13.0 Å². The molecular weight excluding hydrogens is 331 g/mol. The van der Waals surface area contributed by atoms with Gasteiger partial charge in [-0.2, -0.15) is 4.52 Å². The third kappa shape index (κ3) is 2.13. The molecule has 7 heteroatoms. The Morgan fingerprint density at radius 3 is 2.73 bits per heavy atom. The van der Waals surface area contributed by atoms with Gasteiger partial charge in [-0.1, -0.05) is 24.3 Å². The lowest BCUT2D eigenvalue weighted by molar-refractivity contribution is 0.623. The first-order valence-corrected chi connectivity index (χ1v) is 8.54. The fourth-order valence-corrected chi connectivity index (χ4v) is 3.68. The molecule has 1 aliphatic heterocycles. The number of aryl methyl sites for hydroxylation is 1. The standard InChI is InChI=1S/C19H17FN6/c1-11-22-23-18-14-4-2-3-5-15(14)19(24-26(11)18)25-7-6-12-8-16(20)17(21)9-13(12)10-25/h2-5,8-9H,6-7,10,21H2,1H3. The molecule has 5 rings (SSSR count). The summed E-state index contributed by atoms with van der Waals surface area (Å²) in [7, 11) is 0. The van der Waals surface area contributed by atoms with Crippen LogP contribution in [0.4, 0.5) is 15.9 Å². The van der Waals surface area contributed by atoms with Gasteiger partial charge in [-0.25, -0.2) is 4.39 Å². The number of nitrogen functional groups attached to an aromatic ring is 1. The number of rotatable bonds is 1. The van der Waals surface area contributed by atoms with E-state index in [1.54, 1.807) is 16.6 Å². The van der Waals surface area contributed by atoms with E-state index in [9.17, 15) is 4.39 Å². The molecule has 0 atom stereocenters. The lowest BCUT2D eigenvalue weighted by Gasteiger charge is -2.30. The normalized spacial score (nSPS) is 14.2. The maximum absolute atomic E-state index is 13.8. The van der Waals surface area contributed by atoms with Crippen LogP contribution in [0.1, 0.15) is 17.0 Å². The molecule has 0 bridgehead atoms. The van der Waals surface area contributed by atoms with E-state index in [1.165, 1.54) is 0 Å². The van der Waals surface area contributed by atoms with E-state index in [4.69, 9.17) is 10.8 Å². The second kappa shape index (κ2) is 5.39. The van der Waals surface area contributed by atoms with E-state index in [1.807, 2.05) is 25.1 Å². The number of anilines is 2.